The zero-order chi connectivity index (χ0) is 19.3. The van der Waals surface area contributed by atoms with Gasteiger partial charge in [-0.05, 0) is 0 Å². The second-order valence-corrected chi connectivity index (χ2v) is 8.67. The Kier molecular flexibility index (Phi) is 7.29. The van der Waals surface area contributed by atoms with Crippen LogP contribution in [-0.4, -0.2) is 58.4 Å². The average Bonchev–Trinajstić information content (AvgIpc) is 2.64. The first-order valence-corrected chi connectivity index (χ1v) is 9.92. The first-order valence-electron chi connectivity index (χ1n) is 7.70. The molecule has 26 heavy (non-hydrogen) atoms. The van der Waals surface area contributed by atoms with Gasteiger partial charge >= 0.3 is 163 Å². The summed E-state index contributed by atoms with van der Waals surface area (Å²) in [6, 6.07) is 7.32. The Morgan fingerprint density at radius 1 is 1.23 bits per heavy atom. The van der Waals surface area contributed by atoms with Crippen molar-refractivity contribution in [2.75, 3.05) is 14.2 Å². The number of carbonyl (C=O) groups excluding carboxylic acids is 2. The third kappa shape index (κ3) is 5.11. The second-order valence-electron chi connectivity index (χ2n) is 5.48. The van der Waals surface area contributed by atoms with E-state index in [-0.39, 0.29) is 31.1 Å². The van der Waals surface area contributed by atoms with Crippen LogP contribution in [0.3, 0.4) is 0 Å². The van der Waals surface area contributed by atoms with Crippen LogP contribution in [-0.2, 0) is 23.8 Å². The molecular weight excluding hydrogens is 427 g/mol. The van der Waals surface area contributed by atoms with E-state index in [1.807, 2.05) is 12.1 Å². The molecule has 0 heterocycles. The minimum absolute atomic E-state index is 0.113. The van der Waals surface area contributed by atoms with Crippen LogP contribution in [0.2, 0.25) is 9.84 Å². The summed E-state index contributed by atoms with van der Waals surface area (Å²) >= 11 is 5.74. The molecule has 1 aliphatic carbocycles. The van der Waals surface area contributed by atoms with Crippen LogP contribution in [0.4, 0.5) is 0 Å². The van der Waals surface area contributed by atoms with Crippen LogP contribution in [0.1, 0.15) is 6.42 Å². The zero-order valence-electron chi connectivity index (χ0n) is 14.3. The van der Waals surface area contributed by atoms with Crippen LogP contribution < -0.4 is 4.46 Å². The van der Waals surface area contributed by atoms with Crippen molar-refractivity contribution in [1.29, 1.82) is 0 Å². The molecule has 0 saturated heterocycles. The van der Waals surface area contributed by atoms with Gasteiger partial charge in [0, 0.05) is 0 Å². The standard InChI is InChI=1S/C18H19ClO6Se/c1-10(17(21)23-2)25-12-8-14(18(22)24-3)16(20)15(9-12)26-13-6-4-11(19)5-7-13/h4-8,12,15-16,20H,1,9H2,2-3H3/t12-,15-,16-/m1/s1. The molecule has 0 bridgehead atoms. The minimum atomic E-state index is -0.982. The van der Waals surface area contributed by atoms with Crippen molar-refractivity contribution in [2.24, 2.45) is 0 Å². The number of esters is 2. The van der Waals surface area contributed by atoms with E-state index in [0.717, 1.165) is 4.46 Å². The van der Waals surface area contributed by atoms with Crippen molar-refractivity contribution in [2.45, 2.75) is 23.4 Å². The molecule has 3 atom stereocenters. The zero-order valence-corrected chi connectivity index (χ0v) is 16.8. The number of hydrogen-bond acceptors (Lipinski definition) is 6. The monoisotopic (exact) mass is 446 g/mol. The molecule has 1 aliphatic rings. The van der Waals surface area contributed by atoms with Crippen molar-refractivity contribution in [3.8, 4) is 0 Å². The van der Waals surface area contributed by atoms with Crippen LogP contribution in [0.15, 0.2) is 48.3 Å². The Morgan fingerprint density at radius 3 is 2.46 bits per heavy atom. The number of aliphatic hydroxyl groups is 1. The molecule has 0 amide bonds. The van der Waals surface area contributed by atoms with Gasteiger partial charge < -0.3 is 0 Å². The Morgan fingerprint density at radius 2 is 1.88 bits per heavy atom. The Bertz CT molecular complexity index is 715. The topological polar surface area (TPSA) is 82.1 Å². The fourth-order valence-electron chi connectivity index (χ4n) is 2.46. The van der Waals surface area contributed by atoms with Gasteiger partial charge in [0.15, 0.2) is 0 Å². The molecule has 8 heteroatoms. The van der Waals surface area contributed by atoms with E-state index in [1.54, 1.807) is 12.1 Å². The van der Waals surface area contributed by atoms with Crippen LogP contribution in [0, 0.1) is 0 Å². The van der Waals surface area contributed by atoms with E-state index in [9.17, 15) is 14.7 Å². The molecule has 0 unspecified atom stereocenters. The van der Waals surface area contributed by atoms with Gasteiger partial charge in [0.25, 0.3) is 0 Å². The maximum absolute atomic E-state index is 12.0. The second kappa shape index (κ2) is 9.23. The summed E-state index contributed by atoms with van der Waals surface area (Å²) < 4.78 is 15.9. The molecule has 0 spiro atoms. The van der Waals surface area contributed by atoms with Crippen molar-refractivity contribution in [1.82, 2.24) is 0 Å². The van der Waals surface area contributed by atoms with E-state index < -0.39 is 24.1 Å². The third-order valence-corrected chi connectivity index (χ3v) is 6.70. The predicted octanol–water partition coefficient (Wildman–Crippen LogP) is 1.39. The Labute approximate surface area is 162 Å². The number of ether oxygens (including phenoxy) is 3. The van der Waals surface area contributed by atoms with Gasteiger partial charge in [-0.25, -0.2) is 0 Å². The van der Waals surface area contributed by atoms with Gasteiger partial charge in [-0.1, -0.05) is 0 Å². The molecule has 1 aromatic carbocycles. The number of carbonyl (C=O) groups is 2. The molecule has 0 radical (unpaired) electrons. The van der Waals surface area contributed by atoms with Gasteiger partial charge in [-0.3, -0.25) is 0 Å². The molecule has 1 N–H and O–H groups in total. The molecule has 1 aromatic rings. The molecular formula is C18H19ClO6Se. The summed E-state index contributed by atoms with van der Waals surface area (Å²) in [5, 5.41) is 11.2. The van der Waals surface area contributed by atoms with E-state index >= 15 is 0 Å². The van der Waals surface area contributed by atoms with Crippen LogP contribution in [0.5, 0.6) is 0 Å². The van der Waals surface area contributed by atoms with Crippen molar-refractivity contribution >= 4 is 43.0 Å². The fourth-order valence-corrected chi connectivity index (χ4v) is 5.11. The van der Waals surface area contributed by atoms with E-state index in [2.05, 4.69) is 11.3 Å². The molecule has 6 nitrogen and oxygen atoms in total. The average molecular weight is 446 g/mol. The number of hydrogen-bond donors (Lipinski definition) is 1. The van der Waals surface area contributed by atoms with E-state index in [4.69, 9.17) is 21.1 Å². The number of benzene rings is 1. The summed E-state index contributed by atoms with van der Waals surface area (Å²) in [7, 11) is 2.47. The summed E-state index contributed by atoms with van der Waals surface area (Å²) in [5.74, 6) is -1.48. The number of rotatable bonds is 6. The summed E-state index contributed by atoms with van der Waals surface area (Å²) in [4.78, 5) is 23.3. The molecule has 0 fully saturated rings. The molecule has 0 saturated carbocycles. The van der Waals surface area contributed by atoms with Gasteiger partial charge in [-0.15, -0.1) is 0 Å². The third-order valence-electron chi connectivity index (χ3n) is 3.73. The van der Waals surface area contributed by atoms with Gasteiger partial charge in [0.2, 0.25) is 0 Å². The first kappa shape index (κ1) is 20.5. The summed E-state index contributed by atoms with van der Waals surface area (Å²) in [6.07, 6.45) is 0.307. The Balaban J connectivity index is 2.22. The first-order chi connectivity index (χ1) is 12.3. The van der Waals surface area contributed by atoms with Crippen molar-refractivity contribution < 1.29 is 28.9 Å². The fraction of sp³-hybridized carbons (Fsp3) is 0.333. The van der Waals surface area contributed by atoms with Crippen LogP contribution >= 0.6 is 11.6 Å². The molecule has 0 aliphatic heterocycles. The summed E-state index contributed by atoms with van der Waals surface area (Å²) in [6.45, 7) is 3.53. The maximum atomic E-state index is 12.0. The number of aliphatic hydroxyl groups excluding tert-OH is 1. The molecule has 0 aromatic heterocycles. The van der Waals surface area contributed by atoms with E-state index in [0.29, 0.717) is 11.4 Å². The molecule has 2 rings (SSSR count). The summed E-state index contributed by atoms with van der Waals surface area (Å²) in [5.41, 5.74) is 0.113. The van der Waals surface area contributed by atoms with Crippen molar-refractivity contribution in [3.05, 3.63) is 53.3 Å². The predicted molar refractivity (Wildman–Crippen MR) is 97.3 cm³/mol. The normalized spacial score (nSPS) is 22.2. The number of halogens is 1. The Hall–Kier alpha value is -1.79. The SMILES string of the molecule is C=C(O[C@@H]1C=C(C(=O)OC)[C@@H](O)[C@H]([Se]c2ccc(Cl)cc2)C1)C(=O)OC. The molecule has 140 valence electrons. The van der Waals surface area contributed by atoms with Crippen molar-refractivity contribution in [3.63, 3.8) is 0 Å². The quantitative estimate of drug-likeness (QED) is 0.308. The van der Waals surface area contributed by atoms with E-state index in [1.165, 1.54) is 20.3 Å². The van der Waals surface area contributed by atoms with Gasteiger partial charge in [0.05, 0.1) is 0 Å². The van der Waals surface area contributed by atoms with Gasteiger partial charge in [-0.2, -0.15) is 0 Å². The van der Waals surface area contributed by atoms with Crippen LogP contribution in [0.25, 0.3) is 0 Å². The number of methoxy groups -OCH3 is 2. The van der Waals surface area contributed by atoms with Gasteiger partial charge in [0.1, 0.15) is 0 Å².